The molecular weight excluding hydrogens is 713 g/mol. The van der Waals surface area contributed by atoms with Crippen molar-refractivity contribution < 1.29 is 172 Å². The molecule has 0 aliphatic carbocycles. The summed E-state index contributed by atoms with van der Waals surface area (Å²) in [5.41, 5.74) is 0. The molecule has 0 unspecified atom stereocenters. The van der Waals surface area contributed by atoms with Crippen LogP contribution in [0.1, 0.15) is 2.85 Å². The first kappa shape index (κ1) is 37.1. The van der Waals surface area contributed by atoms with Crippen LogP contribution in [-0.4, -0.2) is 48.9 Å². The van der Waals surface area contributed by atoms with Crippen LogP contribution in [0.15, 0.2) is 0 Å². The zero-order chi connectivity index (χ0) is 10.7. The Labute approximate surface area is 215 Å². The van der Waals surface area contributed by atoms with Gasteiger partial charge in [-0.25, -0.2) is 0 Å². The third kappa shape index (κ3) is 195. The van der Waals surface area contributed by atoms with Crippen LogP contribution in [-0.2, 0) is 65.8 Å². The zero-order valence-electron chi connectivity index (χ0n) is 8.88. The minimum absolute atomic E-state index is 0. The Morgan fingerprint density at radius 1 is 0.600 bits per heavy atom. The molecular formula is H2BaNd2O9Ti3. The zero-order valence-corrected chi connectivity index (χ0v) is 22.4. The van der Waals surface area contributed by atoms with Crippen LogP contribution in [0.4, 0.5) is 0 Å². The van der Waals surface area contributed by atoms with Crippen LogP contribution in [0.2, 0.25) is 0 Å². The predicted octanol–water partition coefficient (Wildman–Crippen LogP) is -7.65. The third-order valence-electron chi connectivity index (χ3n) is 0. The van der Waals surface area contributed by atoms with Gasteiger partial charge >= 0.3 is 219 Å². The van der Waals surface area contributed by atoms with Crippen LogP contribution >= 0.6 is 0 Å². The Hall–Kier alpha value is 5.58. The van der Waals surface area contributed by atoms with Gasteiger partial charge in [-0.05, 0) is 0 Å². The van der Waals surface area contributed by atoms with Gasteiger partial charge in [-0.1, -0.05) is 0 Å². The normalized spacial score (nSPS) is 5.20. The summed E-state index contributed by atoms with van der Waals surface area (Å²) in [5, 5.41) is 0. The van der Waals surface area contributed by atoms with Crippen LogP contribution < -0.4 is 22.1 Å². The molecule has 2 radical (unpaired) electrons. The SMILES string of the molecule is [Ba+2].[H-].[H-].[Nd+3].[Nd+3].[O]=[Ti]([O-])[O-].[O]=[Ti]([O-])[O-].[O]=[Ti]([O-])[O-]. The maximum absolute atomic E-state index is 8.58. The van der Waals surface area contributed by atoms with Gasteiger partial charge in [0.25, 0.3) is 0 Å². The summed E-state index contributed by atoms with van der Waals surface area (Å²) in [6.07, 6.45) is 0. The fourth-order valence-electron chi connectivity index (χ4n) is 0. The molecule has 0 heterocycles. The van der Waals surface area contributed by atoms with Crippen molar-refractivity contribution in [3.8, 4) is 0 Å². The third-order valence-corrected chi connectivity index (χ3v) is 0. The fourth-order valence-corrected chi connectivity index (χ4v) is 0. The summed E-state index contributed by atoms with van der Waals surface area (Å²) < 4.78 is 77.2. The Morgan fingerprint density at radius 3 is 0.600 bits per heavy atom. The molecule has 78 valence electrons. The Balaban J connectivity index is -0.0000000104. The molecule has 15 heavy (non-hydrogen) atoms. The minimum atomic E-state index is -4.08. The van der Waals surface area contributed by atoms with Crippen LogP contribution in [0.3, 0.4) is 0 Å². The molecule has 0 fully saturated rings. The second kappa shape index (κ2) is 31.8. The van der Waals surface area contributed by atoms with Gasteiger partial charge in [0.05, 0.1) is 0 Å². The van der Waals surface area contributed by atoms with Gasteiger partial charge in [0.1, 0.15) is 0 Å². The van der Waals surface area contributed by atoms with Crippen molar-refractivity contribution in [2.24, 2.45) is 0 Å². The fraction of sp³-hybridized carbons (Fsp3) is 0. The van der Waals surface area contributed by atoms with E-state index in [1.807, 2.05) is 0 Å². The Kier molecular flexibility index (Phi) is 78.7. The number of rotatable bonds is 0. The van der Waals surface area contributed by atoms with Crippen LogP contribution in [0, 0.1) is 81.7 Å². The molecule has 0 aliphatic heterocycles. The van der Waals surface area contributed by atoms with E-state index in [0.29, 0.717) is 0 Å². The van der Waals surface area contributed by atoms with E-state index < -0.39 is 55.8 Å². The summed E-state index contributed by atoms with van der Waals surface area (Å²) in [6.45, 7) is 0. The van der Waals surface area contributed by atoms with Crippen molar-refractivity contribution in [2.45, 2.75) is 0 Å². The van der Waals surface area contributed by atoms with Gasteiger partial charge in [0.15, 0.2) is 0 Å². The average molecular weight is 715 g/mol. The predicted molar refractivity (Wildman–Crippen MR) is 10.0 cm³/mol. The molecule has 0 aromatic heterocycles. The van der Waals surface area contributed by atoms with E-state index in [1.165, 1.54) is 0 Å². The van der Waals surface area contributed by atoms with Crippen molar-refractivity contribution in [1.29, 1.82) is 0 Å². The first-order valence-electron chi connectivity index (χ1n) is 1.84. The van der Waals surface area contributed by atoms with Crippen molar-refractivity contribution in [2.75, 3.05) is 0 Å². The molecule has 9 nitrogen and oxygen atoms in total. The van der Waals surface area contributed by atoms with E-state index in [1.54, 1.807) is 0 Å². The quantitative estimate of drug-likeness (QED) is 0.220. The second-order valence-corrected chi connectivity index (χ2v) is 3.09. The van der Waals surface area contributed by atoms with E-state index in [-0.39, 0.29) is 133 Å². The summed E-state index contributed by atoms with van der Waals surface area (Å²) >= 11 is -12.2. The second-order valence-electron chi connectivity index (χ2n) is 0.750. The topological polar surface area (TPSA) is 190 Å². The first-order chi connectivity index (χ1) is 5.20. The van der Waals surface area contributed by atoms with E-state index in [0.717, 1.165) is 0 Å². The van der Waals surface area contributed by atoms with E-state index in [4.69, 9.17) is 32.1 Å². The molecule has 0 spiro atoms. The van der Waals surface area contributed by atoms with Gasteiger partial charge in [0, 0.05) is 0 Å². The molecule has 0 saturated carbocycles. The molecule has 15 heteroatoms. The summed E-state index contributed by atoms with van der Waals surface area (Å²) in [5.74, 6) is 0. The molecule has 0 bridgehead atoms. The van der Waals surface area contributed by atoms with Crippen molar-refractivity contribution in [1.82, 2.24) is 0 Å². The maximum atomic E-state index is 8.58. The number of hydrogen-bond donors (Lipinski definition) is 0. The number of hydrogen-bond acceptors (Lipinski definition) is 9. The summed E-state index contributed by atoms with van der Waals surface area (Å²) in [7, 11) is 0. The average Bonchev–Trinajstić information content (AvgIpc) is 1.54. The van der Waals surface area contributed by atoms with Crippen LogP contribution in [0.5, 0.6) is 0 Å². The Morgan fingerprint density at radius 2 is 0.600 bits per heavy atom. The molecule has 0 N–H and O–H groups in total. The Bertz CT molecular complexity index is 130. The van der Waals surface area contributed by atoms with E-state index in [9.17, 15) is 0 Å². The first-order valence-corrected chi connectivity index (χ1v) is 7.57. The van der Waals surface area contributed by atoms with Gasteiger partial charge < -0.3 is 2.85 Å². The molecule has 0 atom stereocenters. The molecule has 0 amide bonds. The van der Waals surface area contributed by atoms with Gasteiger partial charge in [-0.2, -0.15) is 0 Å². The molecule has 0 saturated heterocycles. The molecule has 0 aliphatic rings. The molecule has 0 aromatic carbocycles. The molecule has 0 aromatic rings. The summed E-state index contributed by atoms with van der Waals surface area (Å²) in [4.78, 5) is 0. The van der Waals surface area contributed by atoms with Gasteiger partial charge in [-0.15, -0.1) is 0 Å². The van der Waals surface area contributed by atoms with Crippen LogP contribution in [0.25, 0.3) is 0 Å². The monoisotopic (exact) mass is 712 g/mol. The van der Waals surface area contributed by atoms with Crippen molar-refractivity contribution in [3.05, 3.63) is 0 Å². The van der Waals surface area contributed by atoms with E-state index in [2.05, 4.69) is 0 Å². The van der Waals surface area contributed by atoms with Gasteiger partial charge in [0.2, 0.25) is 0 Å². The summed E-state index contributed by atoms with van der Waals surface area (Å²) in [6, 6.07) is 0. The van der Waals surface area contributed by atoms with Crippen molar-refractivity contribution in [3.63, 3.8) is 0 Å². The molecule has 0 rings (SSSR count). The van der Waals surface area contributed by atoms with Gasteiger partial charge in [-0.3, -0.25) is 0 Å². The van der Waals surface area contributed by atoms with E-state index >= 15 is 0 Å². The standard InChI is InChI=1S/Ba.2Nd.9O.3Ti.2H/q+2;2*+3;;;;6*-1;;;;2*-1. The van der Waals surface area contributed by atoms with Crippen molar-refractivity contribution >= 4 is 48.9 Å².